The molecule has 3 heteroatoms. The van der Waals surface area contributed by atoms with Crippen LogP contribution in [0.2, 0.25) is 0 Å². The van der Waals surface area contributed by atoms with Crippen molar-refractivity contribution in [2.45, 2.75) is 71.6 Å². The molecule has 0 saturated heterocycles. The zero-order valence-corrected chi connectivity index (χ0v) is 14.4. The van der Waals surface area contributed by atoms with E-state index in [0.29, 0.717) is 36.4 Å². The van der Waals surface area contributed by atoms with Crippen LogP contribution in [-0.4, -0.2) is 11.6 Å². The number of carbonyl (C=O) groups excluding carboxylic acids is 2. The number of ketones is 2. The van der Waals surface area contributed by atoms with Crippen molar-refractivity contribution in [2.24, 2.45) is 34.0 Å². The van der Waals surface area contributed by atoms with Gasteiger partial charge in [0, 0.05) is 24.7 Å². The van der Waals surface area contributed by atoms with Gasteiger partial charge in [0.2, 0.25) is 0 Å². The van der Waals surface area contributed by atoms with Gasteiger partial charge in [0.15, 0.2) is 0 Å². The van der Waals surface area contributed by atoms with Crippen LogP contribution in [0.25, 0.3) is 0 Å². The van der Waals surface area contributed by atoms with E-state index in [4.69, 9.17) is 0 Å². The fourth-order valence-corrected chi connectivity index (χ4v) is 7.07. The van der Waals surface area contributed by atoms with Gasteiger partial charge in [-0.1, -0.05) is 13.8 Å². The molecule has 0 aromatic rings. The van der Waals surface area contributed by atoms with Crippen molar-refractivity contribution in [1.29, 1.82) is 5.26 Å². The molecule has 0 radical (unpaired) electrons. The van der Waals surface area contributed by atoms with Crippen molar-refractivity contribution >= 4 is 11.6 Å². The summed E-state index contributed by atoms with van der Waals surface area (Å²) in [5.74, 6) is 2.37. The van der Waals surface area contributed by atoms with Crippen LogP contribution in [-0.2, 0) is 9.59 Å². The van der Waals surface area contributed by atoms with Crippen molar-refractivity contribution in [3.8, 4) is 6.07 Å². The maximum absolute atomic E-state index is 12.4. The Bertz CT molecular complexity index is 620. The van der Waals surface area contributed by atoms with Gasteiger partial charge in [0.25, 0.3) is 0 Å². The average molecular weight is 313 g/mol. The Morgan fingerprint density at radius 1 is 1.00 bits per heavy atom. The second-order valence-corrected chi connectivity index (χ2v) is 9.16. The number of fused-ring (bicyclic) bond motifs is 5. The maximum Gasteiger partial charge on any atom is 0.139 e. The molecule has 0 spiro atoms. The molecule has 3 nitrogen and oxygen atoms in total. The van der Waals surface area contributed by atoms with E-state index in [-0.39, 0.29) is 16.6 Å². The molecule has 4 aliphatic carbocycles. The van der Waals surface area contributed by atoms with Crippen LogP contribution in [0.15, 0.2) is 0 Å². The molecule has 124 valence electrons. The molecular weight excluding hydrogens is 286 g/mol. The summed E-state index contributed by atoms with van der Waals surface area (Å²) in [6.07, 6.45) is 7.72. The van der Waals surface area contributed by atoms with Crippen molar-refractivity contribution in [3.05, 3.63) is 0 Å². The van der Waals surface area contributed by atoms with E-state index >= 15 is 0 Å². The van der Waals surface area contributed by atoms with E-state index in [0.717, 1.165) is 44.9 Å². The topological polar surface area (TPSA) is 57.9 Å². The first-order valence-corrected chi connectivity index (χ1v) is 9.33. The molecule has 6 atom stereocenters. The van der Waals surface area contributed by atoms with Gasteiger partial charge in [-0.2, -0.15) is 5.26 Å². The zero-order chi connectivity index (χ0) is 16.5. The largest absolute Gasteiger partial charge is 0.300 e. The lowest BCUT2D eigenvalue weighted by molar-refractivity contribution is -0.154. The molecule has 0 aliphatic heterocycles. The zero-order valence-electron chi connectivity index (χ0n) is 14.4. The number of nitriles is 1. The standard InChI is InChI=1S/C20H27NO2/c1-18-8-7-16-14(15(18)3-4-17(18)23)6-10-20(12-21)11-13(22)5-9-19(16,20)2/h14-16H,3-11H2,1-2H3/t14-,15+,16-,18+,19-,20+/m1/s1. The molecular formula is C20H27NO2. The van der Waals surface area contributed by atoms with Gasteiger partial charge in [-0.3, -0.25) is 9.59 Å². The Balaban J connectivity index is 1.73. The minimum Gasteiger partial charge on any atom is -0.300 e. The highest BCUT2D eigenvalue weighted by Gasteiger charge is 2.65. The van der Waals surface area contributed by atoms with E-state index in [1.165, 1.54) is 0 Å². The van der Waals surface area contributed by atoms with Gasteiger partial charge in [0.05, 0.1) is 11.5 Å². The maximum atomic E-state index is 12.4. The Morgan fingerprint density at radius 3 is 2.52 bits per heavy atom. The van der Waals surface area contributed by atoms with Crippen LogP contribution in [0, 0.1) is 45.3 Å². The summed E-state index contributed by atoms with van der Waals surface area (Å²) < 4.78 is 0. The third-order valence-electron chi connectivity index (χ3n) is 8.60. The number of hydrogen-bond acceptors (Lipinski definition) is 3. The van der Waals surface area contributed by atoms with Crippen molar-refractivity contribution in [3.63, 3.8) is 0 Å². The molecule has 4 saturated carbocycles. The van der Waals surface area contributed by atoms with Crippen LogP contribution >= 0.6 is 0 Å². The monoisotopic (exact) mass is 313 g/mol. The molecule has 4 fully saturated rings. The highest BCUT2D eigenvalue weighted by molar-refractivity contribution is 5.87. The van der Waals surface area contributed by atoms with Gasteiger partial charge < -0.3 is 0 Å². The Labute approximate surface area is 138 Å². The summed E-state index contributed by atoms with van der Waals surface area (Å²) in [5.41, 5.74) is -0.583. The molecule has 0 aromatic carbocycles. The van der Waals surface area contributed by atoms with Crippen LogP contribution in [0.1, 0.15) is 71.6 Å². The average Bonchev–Trinajstić information content (AvgIpc) is 2.84. The van der Waals surface area contributed by atoms with E-state index in [1.807, 2.05) is 0 Å². The second kappa shape index (κ2) is 4.68. The summed E-state index contributed by atoms with van der Waals surface area (Å²) in [6, 6.07) is 2.61. The SMILES string of the molecule is C[C@]12CC[C@@H]3[C@H](CC[C@@]4(C#N)CC(=O)CC[C@]34C)[C@@H]1CCC2=O. The van der Waals surface area contributed by atoms with Gasteiger partial charge in [0.1, 0.15) is 11.6 Å². The molecule has 0 unspecified atom stereocenters. The summed E-state index contributed by atoms with van der Waals surface area (Å²) in [5, 5.41) is 9.97. The lowest BCUT2D eigenvalue weighted by Crippen LogP contribution is -2.58. The van der Waals surface area contributed by atoms with Crippen molar-refractivity contribution in [2.75, 3.05) is 0 Å². The van der Waals surface area contributed by atoms with Crippen LogP contribution < -0.4 is 0 Å². The number of rotatable bonds is 0. The molecule has 0 amide bonds. The van der Waals surface area contributed by atoms with E-state index in [2.05, 4.69) is 19.9 Å². The molecule has 4 aliphatic rings. The second-order valence-electron chi connectivity index (χ2n) is 9.16. The van der Waals surface area contributed by atoms with E-state index in [9.17, 15) is 14.9 Å². The minimum absolute atomic E-state index is 0.0362. The first-order chi connectivity index (χ1) is 10.9. The summed E-state index contributed by atoms with van der Waals surface area (Å²) in [7, 11) is 0. The molecule has 0 bridgehead atoms. The normalized spacial score (nSPS) is 52.3. The first kappa shape index (κ1) is 15.4. The lowest BCUT2D eigenvalue weighted by Gasteiger charge is -2.62. The van der Waals surface area contributed by atoms with E-state index < -0.39 is 5.41 Å². The van der Waals surface area contributed by atoms with Crippen molar-refractivity contribution < 1.29 is 9.59 Å². The van der Waals surface area contributed by atoms with Gasteiger partial charge in [-0.05, 0) is 61.7 Å². The summed E-state index contributed by atoms with van der Waals surface area (Å²) in [4.78, 5) is 24.5. The van der Waals surface area contributed by atoms with Gasteiger partial charge in [-0.15, -0.1) is 0 Å². The van der Waals surface area contributed by atoms with Crippen LogP contribution in [0.4, 0.5) is 0 Å². The minimum atomic E-state index is -0.445. The lowest BCUT2D eigenvalue weighted by atomic mass is 9.40. The first-order valence-electron chi connectivity index (χ1n) is 9.33. The van der Waals surface area contributed by atoms with E-state index in [1.54, 1.807) is 0 Å². The molecule has 0 N–H and O–H groups in total. The number of carbonyl (C=O) groups is 2. The Morgan fingerprint density at radius 2 is 1.78 bits per heavy atom. The third-order valence-corrected chi connectivity index (χ3v) is 8.60. The predicted octanol–water partition coefficient (Wildman–Crippen LogP) is 4.06. The smallest absolute Gasteiger partial charge is 0.139 e. The molecule has 0 heterocycles. The predicted molar refractivity (Wildman–Crippen MR) is 86.3 cm³/mol. The van der Waals surface area contributed by atoms with Gasteiger partial charge in [-0.25, -0.2) is 0 Å². The van der Waals surface area contributed by atoms with Crippen LogP contribution in [0.5, 0.6) is 0 Å². The Hall–Kier alpha value is -1.17. The number of hydrogen-bond donors (Lipinski definition) is 0. The third kappa shape index (κ3) is 1.76. The molecule has 0 aromatic heterocycles. The highest BCUT2D eigenvalue weighted by Crippen LogP contribution is 2.68. The summed E-state index contributed by atoms with van der Waals surface area (Å²) >= 11 is 0. The van der Waals surface area contributed by atoms with Gasteiger partial charge >= 0.3 is 0 Å². The highest BCUT2D eigenvalue weighted by atomic mass is 16.1. The fraction of sp³-hybridized carbons (Fsp3) is 0.850. The summed E-state index contributed by atoms with van der Waals surface area (Å²) in [6.45, 7) is 4.49. The number of Topliss-reactive ketones (excluding diaryl/α,β-unsaturated/α-hetero) is 2. The number of nitrogens with zero attached hydrogens (tertiary/aromatic N) is 1. The molecule has 23 heavy (non-hydrogen) atoms. The Kier molecular flexibility index (Phi) is 3.13. The quantitative estimate of drug-likeness (QED) is 0.677. The van der Waals surface area contributed by atoms with Crippen molar-refractivity contribution in [1.82, 2.24) is 0 Å². The molecule has 4 rings (SSSR count). The fourth-order valence-electron chi connectivity index (χ4n) is 7.07. The van der Waals surface area contributed by atoms with Crippen LogP contribution in [0.3, 0.4) is 0 Å².